The third kappa shape index (κ3) is 4.65. The number of amides is 2. The van der Waals surface area contributed by atoms with Gasteiger partial charge in [-0.15, -0.1) is 13.2 Å². The van der Waals surface area contributed by atoms with Crippen LogP contribution in [-0.2, 0) is 16.1 Å². The van der Waals surface area contributed by atoms with E-state index in [0.717, 1.165) is 38.5 Å². The number of carbonyl (C=O) groups excluding carboxylic acids is 2. The number of alkyl halides is 3. The zero-order valence-electron chi connectivity index (χ0n) is 21.8. The molecule has 3 aliphatic carbocycles. The molecule has 7 atom stereocenters. The van der Waals surface area contributed by atoms with Crippen molar-refractivity contribution in [1.82, 2.24) is 10.2 Å². The SMILES string of the molecule is CN1C(=O)C=C[C@]2(C)C3CC[C@@]4(C)C(CC[C@@H]4CC(=O)NCc4ccccc4OC(F)(F)F)C3CCC12. The minimum Gasteiger partial charge on any atom is -0.405 e. The van der Waals surface area contributed by atoms with Gasteiger partial charge in [0.05, 0.1) is 0 Å². The smallest absolute Gasteiger partial charge is 0.405 e. The van der Waals surface area contributed by atoms with Gasteiger partial charge in [-0.25, -0.2) is 0 Å². The second kappa shape index (κ2) is 9.35. The zero-order chi connectivity index (χ0) is 26.6. The number of nitrogens with one attached hydrogen (secondary N) is 1. The van der Waals surface area contributed by atoms with Crippen molar-refractivity contribution in [2.24, 2.45) is 34.5 Å². The Balaban J connectivity index is 1.24. The Bertz CT molecular complexity index is 1090. The van der Waals surface area contributed by atoms with Crippen molar-refractivity contribution in [3.8, 4) is 5.75 Å². The average Bonchev–Trinajstić information content (AvgIpc) is 3.16. The van der Waals surface area contributed by atoms with E-state index in [0.29, 0.717) is 29.7 Å². The number of fused-ring (bicyclic) bond motifs is 5. The van der Waals surface area contributed by atoms with Crippen molar-refractivity contribution in [1.29, 1.82) is 0 Å². The molecule has 4 aliphatic rings. The first-order chi connectivity index (χ1) is 17.4. The summed E-state index contributed by atoms with van der Waals surface area (Å²) in [5.41, 5.74) is 0.381. The lowest BCUT2D eigenvalue weighted by Crippen LogP contribution is -2.59. The molecule has 5 nitrogen and oxygen atoms in total. The summed E-state index contributed by atoms with van der Waals surface area (Å²) in [6.45, 7) is 4.68. The van der Waals surface area contributed by atoms with Gasteiger partial charge in [0.25, 0.3) is 0 Å². The van der Waals surface area contributed by atoms with Crippen molar-refractivity contribution in [3.63, 3.8) is 0 Å². The molecule has 0 bridgehead atoms. The number of hydrogen-bond acceptors (Lipinski definition) is 3. The summed E-state index contributed by atoms with van der Waals surface area (Å²) in [4.78, 5) is 27.2. The molecule has 8 heteroatoms. The molecule has 3 saturated carbocycles. The molecule has 0 radical (unpaired) electrons. The van der Waals surface area contributed by atoms with E-state index in [1.807, 2.05) is 11.9 Å². The van der Waals surface area contributed by atoms with Crippen LogP contribution in [0.3, 0.4) is 0 Å². The minimum absolute atomic E-state index is 0.000957. The van der Waals surface area contributed by atoms with Crippen molar-refractivity contribution in [2.45, 2.75) is 77.7 Å². The first-order valence-electron chi connectivity index (χ1n) is 13.5. The van der Waals surface area contributed by atoms with Crippen molar-refractivity contribution in [2.75, 3.05) is 7.05 Å². The number of hydrogen-bond donors (Lipinski definition) is 1. The molecular formula is C29H37F3N2O3. The molecule has 1 N–H and O–H groups in total. The summed E-state index contributed by atoms with van der Waals surface area (Å²) < 4.78 is 42.3. The van der Waals surface area contributed by atoms with Crippen LogP contribution in [0, 0.1) is 34.5 Å². The van der Waals surface area contributed by atoms with Crippen LogP contribution in [0.15, 0.2) is 36.4 Å². The fourth-order valence-corrected chi connectivity index (χ4v) is 8.55. The molecule has 1 aliphatic heterocycles. The highest BCUT2D eigenvalue weighted by Gasteiger charge is 2.60. The molecule has 0 aromatic heterocycles. The van der Waals surface area contributed by atoms with E-state index in [-0.39, 0.29) is 46.9 Å². The Kier molecular flexibility index (Phi) is 6.60. The van der Waals surface area contributed by atoms with Crippen LogP contribution in [-0.4, -0.2) is 36.2 Å². The molecule has 0 spiro atoms. The highest BCUT2D eigenvalue weighted by molar-refractivity contribution is 5.89. The third-order valence-electron chi connectivity index (χ3n) is 10.4. The maximum atomic E-state index is 13.0. The summed E-state index contributed by atoms with van der Waals surface area (Å²) >= 11 is 0. The lowest BCUT2D eigenvalue weighted by Gasteiger charge is -2.60. The van der Waals surface area contributed by atoms with Gasteiger partial charge in [-0.2, -0.15) is 0 Å². The summed E-state index contributed by atoms with van der Waals surface area (Å²) in [7, 11) is 1.93. The van der Waals surface area contributed by atoms with Crippen molar-refractivity contribution in [3.05, 3.63) is 42.0 Å². The van der Waals surface area contributed by atoms with Gasteiger partial charge in [-0.1, -0.05) is 38.1 Å². The van der Waals surface area contributed by atoms with Crippen LogP contribution in [0.25, 0.3) is 0 Å². The van der Waals surface area contributed by atoms with E-state index >= 15 is 0 Å². The van der Waals surface area contributed by atoms with E-state index < -0.39 is 6.36 Å². The fourth-order valence-electron chi connectivity index (χ4n) is 8.55. The van der Waals surface area contributed by atoms with Crippen LogP contribution < -0.4 is 10.1 Å². The Morgan fingerprint density at radius 3 is 2.62 bits per heavy atom. The largest absolute Gasteiger partial charge is 0.573 e. The summed E-state index contributed by atoms with van der Waals surface area (Å²) in [6, 6.07) is 6.17. The van der Waals surface area contributed by atoms with Gasteiger partial charge in [0, 0.05) is 37.0 Å². The predicted molar refractivity (Wildman–Crippen MR) is 133 cm³/mol. The molecule has 2 amide bonds. The Morgan fingerprint density at radius 2 is 1.86 bits per heavy atom. The van der Waals surface area contributed by atoms with Crippen LogP contribution in [0.1, 0.15) is 64.4 Å². The van der Waals surface area contributed by atoms with Crippen LogP contribution in [0.5, 0.6) is 5.75 Å². The van der Waals surface area contributed by atoms with E-state index in [2.05, 4.69) is 30.0 Å². The van der Waals surface area contributed by atoms with Gasteiger partial charge in [0.2, 0.25) is 11.8 Å². The number of halogens is 3. The highest BCUT2D eigenvalue weighted by Crippen LogP contribution is 2.65. The number of likely N-dealkylation sites (N-methyl/N-ethyl adjacent to an activating group) is 1. The van der Waals surface area contributed by atoms with Crippen LogP contribution in [0.2, 0.25) is 0 Å². The second-order valence-corrected chi connectivity index (χ2v) is 12.1. The number of para-hydroxylation sites is 1. The minimum atomic E-state index is -4.78. The lowest BCUT2D eigenvalue weighted by molar-refractivity contribution is -0.274. The Hall–Kier alpha value is -2.51. The number of carbonyl (C=O) groups is 2. The monoisotopic (exact) mass is 518 g/mol. The molecule has 202 valence electrons. The van der Waals surface area contributed by atoms with Crippen LogP contribution in [0.4, 0.5) is 13.2 Å². The molecule has 0 saturated heterocycles. The Morgan fingerprint density at radius 1 is 1.11 bits per heavy atom. The number of rotatable bonds is 5. The maximum absolute atomic E-state index is 13.0. The van der Waals surface area contributed by atoms with Gasteiger partial charge >= 0.3 is 6.36 Å². The van der Waals surface area contributed by atoms with Crippen molar-refractivity contribution >= 4 is 11.8 Å². The number of benzene rings is 1. The molecule has 3 fully saturated rings. The molecule has 1 heterocycles. The Labute approximate surface area is 216 Å². The first-order valence-corrected chi connectivity index (χ1v) is 13.5. The highest BCUT2D eigenvalue weighted by atomic mass is 19.4. The second-order valence-electron chi connectivity index (χ2n) is 12.1. The first kappa shape index (κ1) is 26.1. The summed E-state index contributed by atoms with van der Waals surface area (Å²) in [5, 5.41) is 2.84. The average molecular weight is 519 g/mol. The lowest BCUT2D eigenvalue weighted by atomic mass is 9.47. The fraction of sp³-hybridized carbons (Fsp3) is 0.655. The third-order valence-corrected chi connectivity index (χ3v) is 10.4. The van der Waals surface area contributed by atoms with Gasteiger partial charge < -0.3 is 15.0 Å². The van der Waals surface area contributed by atoms with Crippen LogP contribution >= 0.6 is 0 Å². The van der Waals surface area contributed by atoms with Gasteiger partial charge in [-0.05, 0) is 79.8 Å². The van der Waals surface area contributed by atoms with Gasteiger partial charge in [0.1, 0.15) is 5.75 Å². The maximum Gasteiger partial charge on any atom is 0.573 e. The molecule has 5 rings (SSSR count). The quantitative estimate of drug-likeness (QED) is 0.532. The normalized spacial score (nSPS) is 37.0. The number of ether oxygens (including phenoxy) is 1. The molecular weight excluding hydrogens is 481 g/mol. The topological polar surface area (TPSA) is 58.6 Å². The molecule has 37 heavy (non-hydrogen) atoms. The number of nitrogens with zero attached hydrogens (tertiary/aromatic N) is 1. The predicted octanol–water partition coefficient (Wildman–Crippen LogP) is 5.85. The molecule has 4 unspecified atom stereocenters. The van der Waals surface area contributed by atoms with Gasteiger partial charge in [-0.3, -0.25) is 9.59 Å². The standard InChI is InChI=1S/C29H37F3N2O3/c1-27-14-12-22-20(9-11-24-28(22,2)15-13-26(36)34(24)3)21(27)10-8-19(27)16-25(35)33-17-18-6-4-5-7-23(18)37-29(30,31)32/h4-7,13,15,19-22,24H,8-12,14,16-17H2,1-3H3,(H,33,35)/t19-,20?,21?,22?,24?,27-,28-/m1/s1. The van der Waals surface area contributed by atoms with E-state index in [1.54, 1.807) is 12.1 Å². The van der Waals surface area contributed by atoms with Gasteiger partial charge in [0.15, 0.2) is 0 Å². The molecule has 1 aromatic rings. The van der Waals surface area contributed by atoms with E-state index in [9.17, 15) is 22.8 Å². The molecule has 1 aromatic carbocycles. The summed E-state index contributed by atoms with van der Waals surface area (Å²) in [5.74, 6) is 1.63. The zero-order valence-corrected chi connectivity index (χ0v) is 21.8. The summed E-state index contributed by atoms with van der Waals surface area (Å²) in [6.07, 6.45) is 5.95. The van der Waals surface area contributed by atoms with E-state index in [1.165, 1.54) is 18.2 Å². The van der Waals surface area contributed by atoms with Crippen molar-refractivity contribution < 1.29 is 27.5 Å². The van der Waals surface area contributed by atoms with E-state index in [4.69, 9.17) is 0 Å².